The SMILES string of the molecule is CCS[C@H]1CC[C@@H](NCc2cn[nH]c2-c2cccnc2)C1. The van der Waals surface area contributed by atoms with Crippen molar-refractivity contribution in [2.24, 2.45) is 0 Å². The third kappa shape index (κ3) is 3.66. The Bertz CT molecular complexity index is 554. The molecule has 4 nitrogen and oxygen atoms in total. The van der Waals surface area contributed by atoms with Crippen molar-refractivity contribution in [2.45, 2.75) is 44.0 Å². The lowest BCUT2D eigenvalue weighted by Crippen LogP contribution is -2.26. The Kier molecular flexibility index (Phi) is 4.93. The molecule has 5 heteroatoms. The molecule has 1 aliphatic carbocycles. The van der Waals surface area contributed by atoms with Crippen molar-refractivity contribution in [1.29, 1.82) is 0 Å². The average Bonchev–Trinajstić information content (AvgIpc) is 3.15. The molecule has 0 amide bonds. The van der Waals surface area contributed by atoms with Gasteiger partial charge >= 0.3 is 0 Å². The zero-order valence-corrected chi connectivity index (χ0v) is 13.2. The molecule has 0 saturated heterocycles. The van der Waals surface area contributed by atoms with Gasteiger partial charge in [-0.3, -0.25) is 10.1 Å². The van der Waals surface area contributed by atoms with E-state index in [9.17, 15) is 0 Å². The Morgan fingerprint density at radius 2 is 2.33 bits per heavy atom. The molecule has 1 saturated carbocycles. The minimum atomic E-state index is 0.644. The summed E-state index contributed by atoms with van der Waals surface area (Å²) in [6, 6.07) is 4.66. The second kappa shape index (κ2) is 7.09. The van der Waals surface area contributed by atoms with E-state index < -0.39 is 0 Å². The summed E-state index contributed by atoms with van der Waals surface area (Å²) >= 11 is 2.10. The first-order valence-corrected chi connectivity index (χ1v) is 8.69. The van der Waals surface area contributed by atoms with Crippen molar-refractivity contribution in [2.75, 3.05) is 5.75 Å². The lowest BCUT2D eigenvalue weighted by Gasteiger charge is -2.13. The maximum Gasteiger partial charge on any atom is 0.0710 e. The van der Waals surface area contributed by atoms with Crippen LogP contribution in [0.1, 0.15) is 31.7 Å². The summed E-state index contributed by atoms with van der Waals surface area (Å²) in [5, 5.41) is 11.8. The molecule has 0 aromatic carbocycles. The highest BCUT2D eigenvalue weighted by Gasteiger charge is 2.24. The lowest BCUT2D eigenvalue weighted by molar-refractivity contribution is 0.525. The van der Waals surface area contributed by atoms with Crippen molar-refractivity contribution >= 4 is 11.8 Å². The van der Waals surface area contributed by atoms with Gasteiger partial charge < -0.3 is 5.32 Å². The number of nitrogens with one attached hydrogen (secondary N) is 2. The summed E-state index contributed by atoms with van der Waals surface area (Å²) in [7, 11) is 0. The molecular weight excluding hydrogens is 280 g/mol. The topological polar surface area (TPSA) is 53.6 Å². The van der Waals surface area contributed by atoms with Crippen LogP contribution in [-0.4, -0.2) is 32.2 Å². The molecule has 0 radical (unpaired) electrons. The third-order valence-corrected chi connectivity index (χ3v) is 5.27. The van der Waals surface area contributed by atoms with Crippen LogP contribution in [0.5, 0.6) is 0 Å². The van der Waals surface area contributed by atoms with Gasteiger partial charge in [-0.25, -0.2) is 0 Å². The van der Waals surface area contributed by atoms with Crippen LogP contribution in [0.3, 0.4) is 0 Å². The summed E-state index contributed by atoms with van der Waals surface area (Å²) in [5.74, 6) is 1.23. The molecule has 112 valence electrons. The highest BCUT2D eigenvalue weighted by molar-refractivity contribution is 7.99. The molecule has 3 rings (SSSR count). The van der Waals surface area contributed by atoms with Gasteiger partial charge in [0.2, 0.25) is 0 Å². The van der Waals surface area contributed by atoms with Crippen LogP contribution in [0.2, 0.25) is 0 Å². The van der Waals surface area contributed by atoms with Gasteiger partial charge in [0.1, 0.15) is 0 Å². The number of thioether (sulfide) groups is 1. The monoisotopic (exact) mass is 302 g/mol. The highest BCUT2D eigenvalue weighted by atomic mass is 32.2. The summed E-state index contributed by atoms with van der Waals surface area (Å²) < 4.78 is 0. The van der Waals surface area contributed by atoms with Gasteiger partial charge in [-0.2, -0.15) is 16.9 Å². The van der Waals surface area contributed by atoms with E-state index in [0.717, 1.165) is 23.1 Å². The molecule has 1 aliphatic rings. The maximum absolute atomic E-state index is 4.19. The Balaban J connectivity index is 1.59. The van der Waals surface area contributed by atoms with Crippen molar-refractivity contribution in [3.63, 3.8) is 0 Å². The molecule has 1 fully saturated rings. The minimum Gasteiger partial charge on any atom is -0.310 e. The molecule has 2 N–H and O–H groups in total. The second-order valence-electron chi connectivity index (χ2n) is 5.48. The van der Waals surface area contributed by atoms with Crippen LogP contribution in [0.25, 0.3) is 11.3 Å². The summed E-state index contributed by atoms with van der Waals surface area (Å²) in [6.45, 7) is 3.12. The van der Waals surface area contributed by atoms with E-state index in [-0.39, 0.29) is 0 Å². The zero-order chi connectivity index (χ0) is 14.5. The van der Waals surface area contributed by atoms with Crippen molar-refractivity contribution in [3.05, 3.63) is 36.3 Å². The van der Waals surface area contributed by atoms with Crippen LogP contribution in [-0.2, 0) is 6.54 Å². The first kappa shape index (κ1) is 14.6. The standard InChI is InChI=1S/C16H22N4S/c1-2-21-15-6-5-14(8-15)18-10-13-11-19-20-16(13)12-4-3-7-17-9-12/h3-4,7,9,11,14-15,18H,2,5-6,8,10H2,1H3,(H,19,20)/t14-,15+/m1/s1. The second-order valence-corrected chi connectivity index (χ2v) is 7.06. The first-order chi connectivity index (χ1) is 10.4. The Morgan fingerprint density at radius 1 is 1.38 bits per heavy atom. The fourth-order valence-electron chi connectivity index (χ4n) is 2.97. The van der Waals surface area contributed by atoms with Gasteiger partial charge in [0.05, 0.1) is 11.9 Å². The van der Waals surface area contributed by atoms with E-state index in [1.54, 1.807) is 6.20 Å². The number of pyridine rings is 1. The summed E-state index contributed by atoms with van der Waals surface area (Å²) in [5.41, 5.74) is 3.39. The van der Waals surface area contributed by atoms with Gasteiger partial charge in [-0.05, 0) is 37.1 Å². The lowest BCUT2D eigenvalue weighted by atomic mass is 10.1. The number of aromatic nitrogens is 3. The van der Waals surface area contributed by atoms with Gasteiger partial charge in [0, 0.05) is 41.4 Å². The predicted molar refractivity (Wildman–Crippen MR) is 88.2 cm³/mol. The van der Waals surface area contributed by atoms with E-state index in [1.165, 1.54) is 30.6 Å². The third-order valence-electron chi connectivity index (χ3n) is 4.04. The van der Waals surface area contributed by atoms with Gasteiger partial charge in [-0.1, -0.05) is 6.92 Å². The van der Waals surface area contributed by atoms with Crippen LogP contribution in [0.15, 0.2) is 30.7 Å². The minimum absolute atomic E-state index is 0.644. The molecule has 0 aliphatic heterocycles. The molecule has 2 aromatic heterocycles. The molecule has 2 atom stereocenters. The van der Waals surface area contributed by atoms with Gasteiger partial charge in [0.25, 0.3) is 0 Å². The Labute approximate surface area is 130 Å². The van der Waals surface area contributed by atoms with Crippen molar-refractivity contribution in [1.82, 2.24) is 20.5 Å². The average molecular weight is 302 g/mol. The number of hydrogen-bond acceptors (Lipinski definition) is 4. The van der Waals surface area contributed by atoms with Gasteiger partial charge in [0.15, 0.2) is 0 Å². The number of nitrogens with zero attached hydrogens (tertiary/aromatic N) is 2. The van der Waals surface area contributed by atoms with E-state index >= 15 is 0 Å². The normalized spacial score (nSPS) is 21.8. The maximum atomic E-state index is 4.19. The Morgan fingerprint density at radius 3 is 3.14 bits per heavy atom. The summed E-state index contributed by atoms with van der Waals surface area (Å²) in [4.78, 5) is 4.18. The molecule has 2 heterocycles. The predicted octanol–water partition coefficient (Wildman–Crippen LogP) is 3.24. The Hall–Kier alpha value is -1.33. The zero-order valence-electron chi connectivity index (χ0n) is 12.4. The number of rotatable bonds is 6. The molecule has 0 unspecified atom stereocenters. The highest BCUT2D eigenvalue weighted by Crippen LogP contribution is 2.30. The van der Waals surface area contributed by atoms with E-state index in [1.807, 2.05) is 18.5 Å². The smallest absolute Gasteiger partial charge is 0.0710 e. The van der Waals surface area contributed by atoms with Gasteiger partial charge in [-0.15, -0.1) is 0 Å². The molecular formula is C16H22N4S. The van der Waals surface area contributed by atoms with E-state index in [2.05, 4.69) is 45.3 Å². The van der Waals surface area contributed by atoms with Crippen LogP contribution in [0, 0.1) is 0 Å². The first-order valence-electron chi connectivity index (χ1n) is 7.64. The van der Waals surface area contributed by atoms with E-state index in [4.69, 9.17) is 0 Å². The summed E-state index contributed by atoms with van der Waals surface area (Å²) in [6.07, 6.45) is 9.51. The molecule has 0 spiro atoms. The molecule has 21 heavy (non-hydrogen) atoms. The van der Waals surface area contributed by atoms with Crippen LogP contribution < -0.4 is 5.32 Å². The van der Waals surface area contributed by atoms with E-state index in [0.29, 0.717) is 6.04 Å². The van der Waals surface area contributed by atoms with Crippen LogP contribution >= 0.6 is 11.8 Å². The van der Waals surface area contributed by atoms with Crippen molar-refractivity contribution < 1.29 is 0 Å². The quantitative estimate of drug-likeness (QED) is 0.860. The van der Waals surface area contributed by atoms with Crippen molar-refractivity contribution in [3.8, 4) is 11.3 Å². The number of H-pyrrole nitrogens is 1. The molecule has 0 bridgehead atoms. The molecule has 2 aromatic rings. The fourth-order valence-corrected chi connectivity index (χ4v) is 4.12. The largest absolute Gasteiger partial charge is 0.310 e. The fraction of sp³-hybridized carbons (Fsp3) is 0.500. The number of hydrogen-bond donors (Lipinski definition) is 2. The number of aromatic amines is 1. The van der Waals surface area contributed by atoms with Crippen LogP contribution in [0.4, 0.5) is 0 Å².